The van der Waals surface area contributed by atoms with Crippen molar-refractivity contribution < 1.29 is 14.3 Å². The van der Waals surface area contributed by atoms with Crippen molar-refractivity contribution in [2.75, 3.05) is 12.4 Å². The SMILES string of the molecule is CCc1c(NC=O)cc(C(=O)OC)cc1C1CC1. The summed E-state index contributed by atoms with van der Waals surface area (Å²) < 4.78 is 4.74. The van der Waals surface area contributed by atoms with E-state index in [1.165, 1.54) is 12.7 Å². The highest BCUT2D eigenvalue weighted by atomic mass is 16.5. The van der Waals surface area contributed by atoms with Crippen molar-refractivity contribution >= 4 is 18.1 Å². The van der Waals surface area contributed by atoms with Gasteiger partial charge in [-0.15, -0.1) is 0 Å². The topological polar surface area (TPSA) is 55.4 Å². The van der Waals surface area contributed by atoms with Crippen LogP contribution in [0.4, 0.5) is 5.69 Å². The minimum Gasteiger partial charge on any atom is -0.465 e. The average molecular weight is 247 g/mol. The van der Waals surface area contributed by atoms with Crippen LogP contribution < -0.4 is 5.32 Å². The summed E-state index contributed by atoms with van der Waals surface area (Å²) in [5.41, 5.74) is 3.51. The lowest BCUT2D eigenvalue weighted by atomic mass is 9.96. The molecule has 4 heteroatoms. The number of amides is 1. The Kier molecular flexibility index (Phi) is 3.65. The molecule has 1 fully saturated rings. The van der Waals surface area contributed by atoms with E-state index in [9.17, 15) is 9.59 Å². The first kappa shape index (κ1) is 12.6. The van der Waals surface area contributed by atoms with Gasteiger partial charge in [0, 0.05) is 5.69 Å². The van der Waals surface area contributed by atoms with Crippen molar-refractivity contribution in [3.05, 3.63) is 28.8 Å². The molecule has 1 aromatic carbocycles. The van der Waals surface area contributed by atoms with Crippen LogP contribution in [-0.4, -0.2) is 19.5 Å². The van der Waals surface area contributed by atoms with Gasteiger partial charge in [-0.05, 0) is 48.4 Å². The first-order valence-corrected chi connectivity index (χ1v) is 6.16. The highest BCUT2D eigenvalue weighted by Crippen LogP contribution is 2.44. The van der Waals surface area contributed by atoms with Crippen molar-refractivity contribution in [1.82, 2.24) is 0 Å². The molecule has 1 amide bonds. The Morgan fingerprint density at radius 2 is 2.22 bits per heavy atom. The molecule has 0 aliphatic heterocycles. The molecule has 0 atom stereocenters. The third-order valence-electron chi connectivity index (χ3n) is 3.29. The molecule has 1 aliphatic rings. The van der Waals surface area contributed by atoms with Crippen LogP contribution in [0.2, 0.25) is 0 Å². The van der Waals surface area contributed by atoms with Gasteiger partial charge >= 0.3 is 5.97 Å². The molecule has 2 rings (SSSR count). The summed E-state index contributed by atoms with van der Waals surface area (Å²) in [6.07, 6.45) is 3.78. The summed E-state index contributed by atoms with van der Waals surface area (Å²) in [4.78, 5) is 22.3. The van der Waals surface area contributed by atoms with E-state index in [0.717, 1.165) is 30.5 Å². The molecule has 0 radical (unpaired) electrons. The lowest BCUT2D eigenvalue weighted by molar-refractivity contribution is -0.105. The van der Waals surface area contributed by atoms with Gasteiger partial charge in [0.15, 0.2) is 0 Å². The number of anilines is 1. The lowest BCUT2D eigenvalue weighted by Crippen LogP contribution is -2.08. The maximum atomic E-state index is 11.6. The van der Waals surface area contributed by atoms with Crippen molar-refractivity contribution in [3.63, 3.8) is 0 Å². The molecule has 4 nitrogen and oxygen atoms in total. The van der Waals surface area contributed by atoms with Crippen LogP contribution in [0, 0.1) is 0 Å². The minimum atomic E-state index is -0.367. The van der Waals surface area contributed by atoms with E-state index in [1.807, 2.05) is 6.07 Å². The van der Waals surface area contributed by atoms with Gasteiger partial charge in [-0.3, -0.25) is 4.79 Å². The van der Waals surface area contributed by atoms with Gasteiger partial charge in [0.2, 0.25) is 6.41 Å². The fourth-order valence-corrected chi connectivity index (χ4v) is 2.28. The Morgan fingerprint density at radius 1 is 1.50 bits per heavy atom. The van der Waals surface area contributed by atoms with E-state index in [4.69, 9.17) is 4.74 Å². The summed E-state index contributed by atoms with van der Waals surface area (Å²) in [7, 11) is 1.36. The number of hydrogen-bond donors (Lipinski definition) is 1. The number of rotatable bonds is 5. The predicted octanol–water partition coefficient (Wildman–Crippen LogP) is 2.48. The average Bonchev–Trinajstić information content (AvgIpc) is 3.21. The van der Waals surface area contributed by atoms with Crippen LogP contribution in [0.15, 0.2) is 12.1 Å². The Labute approximate surface area is 106 Å². The second-order valence-corrected chi connectivity index (χ2v) is 4.47. The second-order valence-electron chi connectivity index (χ2n) is 4.47. The molecular formula is C14H17NO3. The quantitative estimate of drug-likeness (QED) is 0.642. The number of carbonyl (C=O) groups excluding carboxylic acids is 2. The fraction of sp³-hybridized carbons (Fsp3) is 0.429. The van der Waals surface area contributed by atoms with Crippen LogP contribution in [0.1, 0.15) is 47.2 Å². The van der Waals surface area contributed by atoms with Crippen molar-refractivity contribution in [2.24, 2.45) is 0 Å². The van der Waals surface area contributed by atoms with Crippen molar-refractivity contribution in [3.8, 4) is 0 Å². The van der Waals surface area contributed by atoms with Crippen molar-refractivity contribution in [2.45, 2.75) is 32.1 Å². The number of ether oxygens (including phenoxy) is 1. The van der Waals surface area contributed by atoms with Crippen LogP contribution in [0.3, 0.4) is 0 Å². The summed E-state index contributed by atoms with van der Waals surface area (Å²) in [6, 6.07) is 3.59. The number of methoxy groups -OCH3 is 1. The molecule has 0 bridgehead atoms. The molecule has 1 N–H and O–H groups in total. The molecule has 0 saturated heterocycles. The van der Waals surface area contributed by atoms with E-state index in [0.29, 0.717) is 17.9 Å². The normalized spacial score (nSPS) is 14.1. The van der Waals surface area contributed by atoms with Gasteiger partial charge < -0.3 is 10.1 Å². The molecule has 1 saturated carbocycles. The molecule has 1 aromatic rings. The Balaban J connectivity index is 2.51. The summed E-state index contributed by atoms with van der Waals surface area (Å²) >= 11 is 0. The van der Waals surface area contributed by atoms with E-state index in [1.54, 1.807) is 6.07 Å². The molecule has 1 aliphatic carbocycles. The van der Waals surface area contributed by atoms with Crippen LogP contribution in [0.5, 0.6) is 0 Å². The van der Waals surface area contributed by atoms with Gasteiger partial charge in [-0.1, -0.05) is 6.92 Å². The zero-order valence-corrected chi connectivity index (χ0v) is 10.7. The summed E-state index contributed by atoms with van der Waals surface area (Å²) in [6.45, 7) is 2.05. The Bertz CT molecular complexity index is 478. The maximum Gasteiger partial charge on any atom is 0.337 e. The maximum absolute atomic E-state index is 11.6. The molecule has 18 heavy (non-hydrogen) atoms. The molecular weight excluding hydrogens is 230 g/mol. The monoisotopic (exact) mass is 247 g/mol. The van der Waals surface area contributed by atoms with E-state index in [-0.39, 0.29) is 5.97 Å². The van der Waals surface area contributed by atoms with Gasteiger partial charge in [0.1, 0.15) is 0 Å². The first-order valence-electron chi connectivity index (χ1n) is 6.16. The number of esters is 1. The first-order chi connectivity index (χ1) is 8.71. The molecule has 96 valence electrons. The standard InChI is InChI=1S/C14H17NO3/c1-3-11-12(9-4-5-9)6-10(14(17)18-2)7-13(11)15-8-16/h6-9H,3-5H2,1-2H3,(H,15,16). The predicted molar refractivity (Wildman–Crippen MR) is 68.8 cm³/mol. The largest absolute Gasteiger partial charge is 0.465 e. The third kappa shape index (κ3) is 2.37. The molecule has 0 heterocycles. The summed E-state index contributed by atoms with van der Waals surface area (Å²) in [5, 5.41) is 2.68. The van der Waals surface area contributed by atoms with E-state index in [2.05, 4.69) is 12.2 Å². The second kappa shape index (κ2) is 5.21. The molecule has 0 spiro atoms. The smallest absolute Gasteiger partial charge is 0.337 e. The zero-order chi connectivity index (χ0) is 13.1. The number of hydrogen-bond acceptors (Lipinski definition) is 3. The number of carbonyl (C=O) groups is 2. The summed E-state index contributed by atoms with van der Waals surface area (Å²) in [5.74, 6) is 0.158. The van der Waals surface area contributed by atoms with Crippen LogP contribution in [-0.2, 0) is 16.0 Å². The minimum absolute atomic E-state index is 0.367. The highest BCUT2D eigenvalue weighted by molar-refractivity contribution is 5.92. The number of benzene rings is 1. The van der Waals surface area contributed by atoms with Crippen LogP contribution in [0.25, 0.3) is 0 Å². The molecule has 0 unspecified atom stereocenters. The number of nitrogens with one attached hydrogen (secondary N) is 1. The zero-order valence-electron chi connectivity index (χ0n) is 10.7. The van der Waals surface area contributed by atoms with Crippen molar-refractivity contribution in [1.29, 1.82) is 0 Å². The van der Waals surface area contributed by atoms with Gasteiger partial charge in [0.25, 0.3) is 0 Å². The van der Waals surface area contributed by atoms with Gasteiger partial charge in [-0.2, -0.15) is 0 Å². The van der Waals surface area contributed by atoms with E-state index < -0.39 is 0 Å². The lowest BCUT2D eigenvalue weighted by Gasteiger charge is -2.14. The van der Waals surface area contributed by atoms with Gasteiger partial charge in [0.05, 0.1) is 12.7 Å². The van der Waals surface area contributed by atoms with E-state index >= 15 is 0 Å². The Morgan fingerprint density at radius 3 is 2.72 bits per heavy atom. The van der Waals surface area contributed by atoms with Crippen LogP contribution >= 0.6 is 0 Å². The Hall–Kier alpha value is -1.84. The molecule has 0 aromatic heterocycles. The van der Waals surface area contributed by atoms with Gasteiger partial charge in [-0.25, -0.2) is 4.79 Å². The fourth-order valence-electron chi connectivity index (χ4n) is 2.28. The third-order valence-corrected chi connectivity index (χ3v) is 3.29. The highest BCUT2D eigenvalue weighted by Gasteiger charge is 2.28.